The Morgan fingerprint density at radius 1 is 1.13 bits per heavy atom. The zero-order chi connectivity index (χ0) is 16.1. The Hall–Kier alpha value is -2.58. The molecule has 0 bridgehead atoms. The largest absolute Gasteiger partial charge is 0.288 e. The second-order valence-corrected chi connectivity index (χ2v) is 6.19. The van der Waals surface area contributed by atoms with Gasteiger partial charge >= 0.3 is 0 Å². The number of hydrazine groups is 1. The van der Waals surface area contributed by atoms with Gasteiger partial charge < -0.3 is 0 Å². The average molecular weight is 344 g/mol. The number of thiazole rings is 1. The Morgan fingerprint density at radius 3 is 2.78 bits per heavy atom. The quantitative estimate of drug-likeness (QED) is 0.711. The van der Waals surface area contributed by atoms with Crippen LogP contribution in [0.3, 0.4) is 0 Å². The van der Waals surface area contributed by atoms with Crippen molar-refractivity contribution < 1.29 is 9.59 Å². The summed E-state index contributed by atoms with van der Waals surface area (Å²) in [4.78, 5) is 31.9. The average Bonchev–Trinajstić information content (AvgIpc) is 3.24. The fourth-order valence-corrected chi connectivity index (χ4v) is 3.34. The van der Waals surface area contributed by atoms with Crippen molar-refractivity contribution in [1.29, 1.82) is 0 Å². The van der Waals surface area contributed by atoms with E-state index in [1.165, 1.54) is 17.5 Å². The molecule has 0 aliphatic rings. The van der Waals surface area contributed by atoms with E-state index in [2.05, 4.69) is 20.8 Å². The van der Waals surface area contributed by atoms with E-state index in [0.29, 0.717) is 5.69 Å². The Kier molecular flexibility index (Phi) is 4.74. The molecule has 23 heavy (non-hydrogen) atoms. The maximum absolute atomic E-state index is 11.9. The molecule has 116 valence electrons. The van der Waals surface area contributed by atoms with E-state index in [-0.39, 0.29) is 18.0 Å². The number of carbonyl (C=O) groups excluding carboxylic acids is 2. The van der Waals surface area contributed by atoms with E-state index < -0.39 is 5.91 Å². The molecular formula is C15H12N4O2S2. The highest BCUT2D eigenvalue weighted by molar-refractivity contribution is 7.14. The third-order valence-corrected chi connectivity index (χ3v) is 4.50. The lowest BCUT2D eigenvalue weighted by atomic mass is 10.3. The summed E-state index contributed by atoms with van der Waals surface area (Å²) in [6.45, 7) is 0. The number of amides is 2. The molecule has 0 saturated carbocycles. The van der Waals surface area contributed by atoms with E-state index in [9.17, 15) is 9.59 Å². The van der Waals surface area contributed by atoms with Crippen molar-refractivity contribution in [2.24, 2.45) is 0 Å². The first kappa shape index (κ1) is 15.3. The second-order valence-electron chi connectivity index (χ2n) is 4.55. The molecule has 0 radical (unpaired) electrons. The standard InChI is InChI=1S/C15H12N4O2S2/c20-13(18-19-14(21)12-3-1-2-5-16-12)7-11-9-23-15(17-11)10-4-6-22-8-10/h1-6,8-9H,7H2,(H,18,20)(H,19,21). The van der Waals surface area contributed by atoms with Gasteiger partial charge in [-0.05, 0) is 23.6 Å². The van der Waals surface area contributed by atoms with Gasteiger partial charge in [-0.3, -0.25) is 25.4 Å². The summed E-state index contributed by atoms with van der Waals surface area (Å²) in [7, 11) is 0. The van der Waals surface area contributed by atoms with Gasteiger partial charge in [-0.2, -0.15) is 11.3 Å². The Bertz CT molecular complexity index is 800. The molecule has 0 aliphatic carbocycles. The number of nitrogens with one attached hydrogen (secondary N) is 2. The number of nitrogens with zero attached hydrogens (tertiary/aromatic N) is 2. The van der Waals surface area contributed by atoms with E-state index >= 15 is 0 Å². The molecule has 3 aromatic rings. The number of carbonyl (C=O) groups is 2. The molecule has 3 heterocycles. The van der Waals surface area contributed by atoms with Gasteiger partial charge in [0.05, 0.1) is 12.1 Å². The van der Waals surface area contributed by atoms with Gasteiger partial charge in [0.1, 0.15) is 10.7 Å². The van der Waals surface area contributed by atoms with Crippen molar-refractivity contribution in [2.75, 3.05) is 0 Å². The zero-order valence-electron chi connectivity index (χ0n) is 11.9. The minimum atomic E-state index is -0.462. The maximum Gasteiger partial charge on any atom is 0.288 e. The molecule has 0 unspecified atom stereocenters. The van der Waals surface area contributed by atoms with Crippen molar-refractivity contribution in [3.8, 4) is 10.6 Å². The van der Waals surface area contributed by atoms with E-state index in [0.717, 1.165) is 10.6 Å². The Balaban J connectivity index is 1.53. The highest BCUT2D eigenvalue weighted by Gasteiger charge is 2.11. The smallest absolute Gasteiger partial charge is 0.273 e. The second kappa shape index (κ2) is 7.12. The highest BCUT2D eigenvalue weighted by atomic mass is 32.1. The SMILES string of the molecule is O=C(Cc1csc(-c2ccsc2)n1)NNC(=O)c1ccccn1. The fourth-order valence-electron chi connectivity index (χ4n) is 1.80. The van der Waals surface area contributed by atoms with Crippen LogP contribution in [0.1, 0.15) is 16.2 Å². The summed E-state index contributed by atoms with van der Waals surface area (Å²) in [6.07, 6.45) is 1.61. The van der Waals surface area contributed by atoms with Crippen LogP contribution >= 0.6 is 22.7 Å². The van der Waals surface area contributed by atoms with Crippen LogP contribution in [0, 0.1) is 0 Å². The van der Waals surface area contributed by atoms with Gasteiger partial charge in [-0.25, -0.2) is 4.98 Å². The molecule has 3 aromatic heterocycles. The number of rotatable bonds is 4. The van der Waals surface area contributed by atoms with Gasteiger partial charge in [0, 0.05) is 22.5 Å². The topological polar surface area (TPSA) is 84.0 Å². The first-order valence-corrected chi connectivity index (χ1v) is 8.52. The molecule has 0 fully saturated rings. The van der Waals surface area contributed by atoms with E-state index in [1.54, 1.807) is 29.5 Å². The van der Waals surface area contributed by atoms with Crippen LogP contribution in [-0.4, -0.2) is 21.8 Å². The van der Waals surface area contributed by atoms with Crippen LogP contribution in [-0.2, 0) is 11.2 Å². The van der Waals surface area contributed by atoms with Crippen LogP contribution in [0.5, 0.6) is 0 Å². The summed E-state index contributed by atoms with van der Waals surface area (Å²) in [5.41, 5.74) is 6.65. The van der Waals surface area contributed by atoms with Crippen molar-refractivity contribution >= 4 is 34.5 Å². The first-order valence-electron chi connectivity index (χ1n) is 6.69. The van der Waals surface area contributed by atoms with Crippen LogP contribution in [0.25, 0.3) is 10.6 Å². The molecular weight excluding hydrogens is 332 g/mol. The summed E-state index contributed by atoms with van der Waals surface area (Å²) in [6, 6.07) is 6.96. The minimum Gasteiger partial charge on any atom is -0.273 e. The summed E-state index contributed by atoms with van der Waals surface area (Å²) < 4.78 is 0. The third-order valence-electron chi connectivity index (χ3n) is 2.87. The van der Waals surface area contributed by atoms with E-state index in [4.69, 9.17) is 0 Å². The normalized spacial score (nSPS) is 10.3. The summed E-state index contributed by atoms with van der Waals surface area (Å²) in [5, 5.41) is 6.71. The molecule has 2 amide bonds. The zero-order valence-corrected chi connectivity index (χ0v) is 13.5. The number of hydrogen-bond donors (Lipinski definition) is 2. The predicted octanol–water partition coefficient (Wildman–Crippen LogP) is 2.27. The van der Waals surface area contributed by atoms with Gasteiger partial charge in [0.15, 0.2) is 0 Å². The van der Waals surface area contributed by atoms with Crippen molar-refractivity contribution in [3.63, 3.8) is 0 Å². The van der Waals surface area contributed by atoms with Gasteiger partial charge in [0.25, 0.3) is 5.91 Å². The minimum absolute atomic E-state index is 0.100. The molecule has 6 nitrogen and oxygen atoms in total. The highest BCUT2D eigenvalue weighted by Crippen LogP contribution is 2.25. The Morgan fingerprint density at radius 2 is 2.04 bits per heavy atom. The van der Waals surface area contributed by atoms with Crippen LogP contribution in [0.2, 0.25) is 0 Å². The predicted molar refractivity (Wildman–Crippen MR) is 89.0 cm³/mol. The summed E-state index contributed by atoms with van der Waals surface area (Å²) in [5.74, 6) is -0.798. The van der Waals surface area contributed by atoms with Gasteiger partial charge in [-0.1, -0.05) is 6.07 Å². The maximum atomic E-state index is 11.9. The number of pyridine rings is 1. The lowest BCUT2D eigenvalue weighted by Gasteiger charge is -2.05. The molecule has 0 saturated heterocycles. The lowest BCUT2D eigenvalue weighted by molar-refractivity contribution is -0.121. The van der Waals surface area contributed by atoms with E-state index in [1.807, 2.05) is 22.2 Å². The summed E-state index contributed by atoms with van der Waals surface area (Å²) >= 11 is 3.09. The molecule has 0 aliphatic heterocycles. The van der Waals surface area contributed by atoms with Gasteiger partial charge in [-0.15, -0.1) is 11.3 Å². The fraction of sp³-hybridized carbons (Fsp3) is 0.0667. The number of aromatic nitrogens is 2. The van der Waals surface area contributed by atoms with Crippen LogP contribution in [0.15, 0.2) is 46.6 Å². The van der Waals surface area contributed by atoms with Crippen molar-refractivity contribution in [1.82, 2.24) is 20.8 Å². The van der Waals surface area contributed by atoms with Crippen LogP contribution < -0.4 is 10.9 Å². The monoisotopic (exact) mass is 344 g/mol. The molecule has 0 atom stereocenters. The van der Waals surface area contributed by atoms with Crippen LogP contribution in [0.4, 0.5) is 0 Å². The lowest BCUT2D eigenvalue weighted by Crippen LogP contribution is -2.42. The molecule has 3 rings (SSSR count). The number of hydrogen-bond acceptors (Lipinski definition) is 6. The van der Waals surface area contributed by atoms with Crippen molar-refractivity contribution in [2.45, 2.75) is 6.42 Å². The molecule has 0 aromatic carbocycles. The molecule has 8 heteroatoms. The third kappa shape index (κ3) is 3.99. The number of thiophene rings is 1. The van der Waals surface area contributed by atoms with Gasteiger partial charge in [0.2, 0.25) is 5.91 Å². The van der Waals surface area contributed by atoms with Crippen molar-refractivity contribution in [3.05, 3.63) is 58.0 Å². The Labute approximate surface area is 140 Å². The first-order chi connectivity index (χ1) is 11.2. The molecule has 2 N–H and O–H groups in total. The molecule has 0 spiro atoms.